The normalized spacial score (nSPS) is 17.8. The van der Waals surface area contributed by atoms with Gasteiger partial charge in [0, 0.05) is 25.2 Å². The Morgan fingerprint density at radius 2 is 1.74 bits per heavy atom. The number of rotatable bonds is 8. The van der Waals surface area contributed by atoms with E-state index in [1.54, 1.807) is 40.9 Å². The molecule has 184 valence electrons. The molecule has 0 saturated heterocycles. The third-order valence-electron chi connectivity index (χ3n) is 6.85. The highest BCUT2D eigenvalue weighted by molar-refractivity contribution is 5.91. The van der Waals surface area contributed by atoms with Crippen LogP contribution in [0.2, 0.25) is 0 Å². The molecule has 1 aromatic carbocycles. The van der Waals surface area contributed by atoms with Gasteiger partial charge >= 0.3 is 11.9 Å². The number of carbonyl (C=O) groups is 3. The second-order valence-corrected chi connectivity index (χ2v) is 9.18. The summed E-state index contributed by atoms with van der Waals surface area (Å²) in [6.07, 6.45) is 5.08. The monoisotopic (exact) mass is 469 g/mol. The van der Waals surface area contributed by atoms with E-state index in [0.717, 1.165) is 48.3 Å². The van der Waals surface area contributed by atoms with Crippen LogP contribution in [0.4, 0.5) is 0 Å². The van der Waals surface area contributed by atoms with E-state index >= 15 is 0 Å². The molecule has 2 aromatic rings. The summed E-state index contributed by atoms with van der Waals surface area (Å²) in [5, 5.41) is 4.58. The van der Waals surface area contributed by atoms with Gasteiger partial charge in [-0.2, -0.15) is 5.10 Å². The molecule has 1 fully saturated rings. The largest absolute Gasteiger partial charge is 0.469 e. The summed E-state index contributed by atoms with van der Waals surface area (Å²) >= 11 is 0. The van der Waals surface area contributed by atoms with Crippen LogP contribution in [-0.4, -0.2) is 59.3 Å². The third-order valence-corrected chi connectivity index (χ3v) is 6.85. The molecule has 1 aliphatic rings. The van der Waals surface area contributed by atoms with Crippen LogP contribution in [0, 0.1) is 19.8 Å². The van der Waals surface area contributed by atoms with Crippen molar-refractivity contribution in [3.63, 3.8) is 0 Å². The molecule has 0 N–H and O–H groups in total. The van der Waals surface area contributed by atoms with Crippen molar-refractivity contribution in [2.75, 3.05) is 20.8 Å². The number of nitrogens with zero attached hydrogens (tertiary/aromatic N) is 3. The van der Waals surface area contributed by atoms with E-state index in [2.05, 4.69) is 12.0 Å². The highest BCUT2D eigenvalue weighted by Gasteiger charge is 2.25. The number of likely N-dealkylation sites (N-methyl/N-ethyl adjacent to an activating group) is 1. The minimum absolute atomic E-state index is 0.174. The fourth-order valence-corrected chi connectivity index (χ4v) is 4.50. The number of benzene rings is 1. The van der Waals surface area contributed by atoms with Gasteiger partial charge in [-0.05, 0) is 81.7 Å². The Labute approximate surface area is 201 Å². The van der Waals surface area contributed by atoms with Crippen molar-refractivity contribution in [1.29, 1.82) is 0 Å². The number of ether oxygens (including phenoxy) is 2. The summed E-state index contributed by atoms with van der Waals surface area (Å²) in [5.41, 5.74) is 3.95. The van der Waals surface area contributed by atoms with Gasteiger partial charge in [0.05, 0.1) is 24.1 Å². The fourth-order valence-electron chi connectivity index (χ4n) is 4.50. The predicted molar refractivity (Wildman–Crippen MR) is 128 cm³/mol. The molecule has 0 spiro atoms. The first-order chi connectivity index (χ1) is 16.2. The Hall–Kier alpha value is -3.16. The topological polar surface area (TPSA) is 90.7 Å². The van der Waals surface area contributed by atoms with E-state index in [0.29, 0.717) is 24.3 Å². The molecule has 3 rings (SSSR count). The van der Waals surface area contributed by atoms with Crippen molar-refractivity contribution >= 4 is 17.8 Å². The molecule has 0 atom stereocenters. The number of amides is 1. The minimum atomic E-state index is -0.530. The van der Waals surface area contributed by atoms with Crippen LogP contribution in [0.3, 0.4) is 0 Å². The van der Waals surface area contributed by atoms with Gasteiger partial charge in [0.2, 0.25) is 0 Å². The molecule has 0 radical (unpaired) electrons. The standard InChI is InChI=1S/C26H35N3O5/c1-17-6-10-21(11-7-17)28(4)24(30)16-34-26(32)20-8-12-22(13-9-20)29-19(3)23(18(2)27-29)14-15-25(31)33-5/h8-9,12-13,17,21H,6-7,10-11,14-16H2,1-5H3. The van der Waals surface area contributed by atoms with E-state index in [-0.39, 0.29) is 24.5 Å². The Morgan fingerprint density at radius 1 is 1.09 bits per heavy atom. The lowest BCUT2D eigenvalue weighted by Gasteiger charge is -2.33. The first kappa shape index (κ1) is 25.5. The quantitative estimate of drug-likeness (QED) is 0.547. The summed E-state index contributed by atoms with van der Waals surface area (Å²) in [6.45, 7) is 5.84. The molecular weight excluding hydrogens is 434 g/mol. The number of hydrogen-bond acceptors (Lipinski definition) is 6. The van der Waals surface area contributed by atoms with Crippen LogP contribution in [0.1, 0.15) is 66.3 Å². The second-order valence-electron chi connectivity index (χ2n) is 9.18. The number of methoxy groups -OCH3 is 1. The van der Waals surface area contributed by atoms with Gasteiger partial charge in [-0.1, -0.05) is 6.92 Å². The van der Waals surface area contributed by atoms with Crippen molar-refractivity contribution in [1.82, 2.24) is 14.7 Å². The maximum absolute atomic E-state index is 12.5. The van der Waals surface area contributed by atoms with Crippen molar-refractivity contribution in [3.05, 3.63) is 46.8 Å². The molecule has 0 bridgehead atoms. The molecule has 1 aromatic heterocycles. The Balaban J connectivity index is 1.58. The predicted octanol–water partition coefficient (Wildman–Crippen LogP) is 3.79. The molecule has 1 aliphatic carbocycles. The fraction of sp³-hybridized carbons (Fsp3) is 0.538. The maximum Gasteiger partial charge on any atom is 0.338 e. The van der Waals surface area contributed by atoms with Crippen LogP contribution in [0.25, 0.3) is 5.69 Å². The van der Waals surface area contributed by atoms with E-state index < -0.39 is 5.97 Å². The van der Waals surface area contributed by atoms with Crippen molar-refractivity contribution in [3.8, 4) is 5.69 Å². The Morgan fingerprint density at radius 3 is 2.35 bits per heavy atom. The lowest BCUT2D eigenvalue weighted by atomic mass is 9.87. The summed E-state index contributed by atoms with van der Waals surface area (Å²) in [4.78, 5) is 38.2. The van der Waals surface area contributed by atoms with Gasteiger partial charge in [0.15, 0.2) is 6.61 Å². The molecule has 0 aliphatic heterocycles. The number of esters is 2. The highest BCUT2D eigenvalue weighted by Crippen LogP contribution is 2.26. The van der Waals surface area contributed by atoms with Gasteiger partial charge < -0.3 is 14.4 Å². The van der Waals surface area contributed by atoms with Crippen molar-refractivity contribution < 1.29 is 23.9 Å². The molecule has 1 amide bonds. The van der Waals surface area contributed by atoms with Gasteiger partial charge in [0.25, 0.3) is 5.91 Å². The van der Waals surface area contributed by atoms with Crippen molar-refractivity contribution in [2.24, 2.45) is 5.92 Å². The molecule has 8 nitrogen and oxygen atoms in total. The average molecular weight is 470 g/mol. The van der Waals surface area contributed by atoms with E-state index in [4.69, 9.17) is 9.47 Å². The lowest BCUT2D eigenvalue weighted by molar-refractivity contribution is -0.140. The van der Waals surface area contributed by atoms with Gasteiger partial charge in [-0.15, -0.1) is 0 Å². The maximum atomic E-state index is 12.5. The molecule has 34 heavy (non-hydrogen) atoms. The number of hydrogen-bond donors (Lipinski definition) is 0. The summed E-state index contributed by atoms with van der Waals surface area (Å²) in [5.74, 6) is -0.252. The first-order valence-electron chi connectivity index (χ1n) is 11.9. The zero-order valence-corrected chi connectivity index (χ0v) is 20.8. The highest BCUT2D eigenvalue weighted by atomic mass is 16.5. The average Bonchev–Trinajstić information content (AvgIpc) is 3.13. The van der Waals surface area contributed by atoms with Crippen LogP contribution in [0.15, 0.2) is 24.3 Å². The summed E-state index contributed by atoms with van der Waals surface area (Å²) < 4.78 is 11.8. The lowest BCUT2D eigenvalue weighted by Crippen LogP contribution is -2.41. The van der Waals surface area contributed by atoms with Crippen LogP contribution < -0.4 is 0 Å². The zero-order chi connectivity index (χ0) is 24.8. The van der Waals surface area contributed by atoms with Crippen LogP contribution in [0.5, 0.6) is 0 Å². The number of aryl methyl sites for hydroxylation is 1. The van der Waals surface area contributed by atoms with Gasteiger partial charge in [0.1, 0.15) is 0 Å². The Kier molecular flexibility index (Phi) is 8.47. The number of aromatic nitrogens is 2. The molecule has 1 saturated carbocycles. The van der Waals surface area contributed by atoms with Gasteiger partial charge in [-0.3, -0.25) is 9.59 Å². The number of carbonyl (C=O) groups excluding carboxylic acids is 3. The molecule has 1 heterocycles. The Bertz CT molecular complexity index is 1020. The molecule has 0 unspecified atom stereocenters. The zero-order valence-electron chi connectivity index (χ0n) is 20.8. The SMILES string of the molecule is COC(=O)CCc1c(C)nn(-c2ccc(C(=O)OCC(=O)N(C)C3CCC(C)CC3)cc2)c1C. The van der Waals surface area contributed by atoms with Gasteiger partial charge in [-0.25, -0.2) is 9.48 Å². The van der Waals surface area contributed by atoms with Crippen molar-refractivity contribution in [2.45, 2.75) is 65.3 Å². The van der Waals surface area contributed by atoms with E-state index in [1.807, 2.05) is 13.8 Å². The smallest absolute Gasteiger partial charge is 0.338 e. The van der Waals surface area contributed by atoms with Crippen LogP contribution >= 0.6 is 0 Å². The minimum Gasteiger partial charge on any atom is -0.469 e. The third kappa shape index (κ3) is 6.04. The summed E-state index contributed by atoms with van der Waals surface area (Å²) in [7, 11) is 3.17. The first-order valence-corrected chi connectivity index (χ1v) is 11.9. The molecule has 8 heteroatoms. The van der Waals surface area contributed by atoms with Crippen LogP contribution in [-0.2, 0) is 25.5 Å². The molecular formula is C26H35N3O5. The second kappa shape index (κ2) is 11.3. The summed E-state index contributed by atoms with van der Waals surface area (Å²) in [6, 6.07) is 7.13. The van der Waals surface area contributed by atoms with E-state index in [1.165, 1.54) is 7.11 Å². The van der Waals surface area contributed by atoms with E-state index in [9.17, 15) is 14.4 Å².